The molecule has 0 heterocycles. The third-order valence-corrected chi connectivity index (χ3v) is 2.84. The molecule has 1 atom stereocenters. The Morgan fingerprint density at radius 2 is 1.92 bits per heavy atom. The standard InChI is InChI=1S/C11H11Cl/c12-11(8-4-5-9-11)10-6-2-1-3-7-10/h1-4,6-8H,5,9H2. The molecule has 0 aromatic heterocycles. The van der Waals surface area contributed by atoms with Gasteiger partial charge in [-0.3, -0.25) is 0 Å². The van der Waals surface area contributed by atoms with Crippen molar-refractivity contribution in [3.63, 3.8) is 0 Å². The Kier molecular flexibility index (Phi) is 1.93. The lowest BCUT2D eigenvalue weighted by atomic mass is 9.98. The van der Waals surface area contributed by atoms with Crippen molar-refractivity contribution >= 4 is 11.6 Å². The van der Waals surface area contributed by atoms with Crippen LogP contribution in [0.25, 0.3) is 0 Å². The van der Waals surface area contributed by atoms with Gasteiger partial charge in [-0.1, -0.05) is 42.5 Å². The van der Waals surface area contributed by atoms with E-state index in [9.17, 15) is 0 Å². The maximum Gasteiger partial charge on any atom is 0.0878 e. The van der Waals surface area contributed by atoms with E-state index in [1.54, 1.807) is 0 Å². The zero-order valence-electron chi connectivity index (χ0n) is 6.83. The number of hydrogen-bond acceptors (Lipinski definition) is 0. The summed E-state index contributed by atoms with van der Waals surface area (Å²) in [6.45, 7) is 0. The summed E-state index contributed by atoms with van der Waals surface area (Å²) in [6.07, 6.45) is 6.38. The first-order chi connectivity index (χ1) is 5.81. The molecule has 62 valence electrons. The smallest absolute Gasteiger partial charge is 0.0878 e. The summed E-state index contributed by atoms with van der Waals surface area (Å²) in [5.41, 5.74) is 1.21. The lowest BCUT2D eigenvalue weighted by Crippen LogP contribution is -2.11. The van der Waals surface area contributed by atoms with Gasteiger partial charge in [0.1, 0.15) is 0 Å². The Labute approximate surface area is 77.9 Å². The molecule has 0 nitrogen and oxygen atoms in total. The summed E-state index contributed by atoms with van der Waals surface area (Å²) < 4.78 is 0. The number of allylic oxidation sites excluding steroid dienone is 2. The first-order valence-corrected chi connectivity index (χ1v) is 4.61. The average Bonchev–Trinajstić information content (AvgIpc) is 2.55. The SMILES string of the molecule is ClC1(c2ccccc2)C=CCC1. The highest BCUT2D eigenvalue weighted by atomic mass is 35.5. The highest BCUT2D eigenvalue weighted by Gasteiger charge is 2.28. The summed E-state index contributed by atoms with van der Waals surface area (Å²) in [7, 11) is 0. The third kappa shape index (κ3) is 1.27. The van der Waals surface area contributed by atoms with Crippen LogP contribution in [0.15, 0.2) is 42.5 Å². The highest BCUT2D eigenvalue weighted by molar-refractivity contribution is 6.25. The predicted molar refractivity (Wildman–Crippen MR) is 52.3 cm³/mol. The number of rotatable bonds is 1. The van der Waals surface area contributed by atoms with Crippen LogP contribution < -0.4 is 0 Å². The van der Waals surface area contributed by atoms with Crippen molar-refractivity contribution in [2.45, 2.75) is 17.7 Å². The lowest BCUT2D eigenvalue weighted by Gasteiger charge is -2.18. The number of hydrogen-bond donors (Lipinski definition) is 0. The van der Waals surface area contributed by atoms with Crippen LogP contribution in [0.2, 0.25) is 0 Å². The molecule has 1 heteroatoms. The third-order valence-electron chi connectivity index (χ3n) is 2.31. The van der Waals surface area contributed by atoms with Crippen LogP contribution in [0.4, 0.5) is 0 Å². The van der Waals surface area contributed by atoms with E-state index in [1.165, 1.54) is 5.56 Å². The first-order valence-electron chi connectivity index (χ1n) is 4.23. The summed E-state index contributed by atoms with van der Waals surface area (Å²) in [6, 6.07) is 10.3. The largest absolute Gasteiger partial charge is 0.110 e. The van der Waals surface area contributed by atoms with Crippen molar-refractivity contribution in [1.29, 1.82) is 0 Å². The quantitative estimate of drug-likeness (QED) is 0.456. The molecule has 1 aliphatic carbocycles. The molecule has 0 aliphatic heterocycles. The van der Waals surface area contributed by atoms with Crippen LogP contribution >= 0.6 is 11.6 Å². The topological polar surface area (TPSA) is 0 Å². The van der Waals surface area contributed by atoms with Gasteiger partial charge in [-0.05, 0) is 18.4 Å². The molecule has 12 heavy (non-hydrogen) atoms. The Bertz CT molecular complexity index is 289. The summed E-state index contributed by atoms with van der Waals surface area (Å²) in [5.74, 6) is 0. The molecule has 0 saturated heterocycles. The molecular weight excluding hydrogens is 168 g/mol. The first kappa shape index (κ1) is 7.88. The minimum Gasteiger partial charge on any atom is -0.110 e. The van der Waals surface area contributed by atoms with Crippen LogP contribution in [-0.2, 0) is 4.87 Å². The minimum atomic E-state index is -0.221. The van der Waals surface area contributed by atoms with Crippen LogP contribution in [0, 0.1) is 0 Å². The molecule has 1 unspecified atom stereocenters. The maximum absolute atomic E-state index is 6.41. The molecule has 0 saturated carbocycles. The van der Waals surface area contributed by atoms with Gasteiger partial charge < -0.3 is 0 Å². The second-order valence-corrected chi connectivity index (χ2v) is 3.84. The van der Waals surface area contributed by atoms with Gasteiger partial charge in [0.25, 0.3) is 0 Å². The Balaban J connectivity index is 2.36. The Morgan fingerprint density at radius 1 is 1.17 bits per heavy atom. The number of halogens is 1. The Morgan fingerprint density at radius 3 is 2.50 bits per heavy atom. The second-order valence-electron chi connectivity index (χ2n) is 3.17. The van der Waals surface area contributed by atoms with Gasteiger partial charge in [0.15, 0.2) is 0 Å². The van der Waals surface area contributed by atoms with Gasteiger partial charge in [-0.2, -0.15) is 0 Å². The molecule has 1 aliphatic rings. The van der Waals surface area contributed by atoms with E-state index in [-0.39, 0.29) is 4.87 Å². The number of alkyl halides is 1. The average molecular weight is 179 g/mol. The van der Waals surface area contributed by atoms with Crippen molar-refractivity contribution < 1.29 is 0 Å². The van der Waals surface area contributed by atoms with Gasteiger partial charge in [-0.25, -0.2) is 0 Å². The van der Waals surface area contributed by atoms with Gasteiger partial charge in [0, 0.05) is 0 Å². The van der Waals surface area contributed by atoms with E-state index in [2.05, 4.69) is 24.3 Å². The van der Waals surface area contributed by atoms with Crippen LogP contribution in [0.5, 0.6) is 0 Å². The van der Waals surface area contributed by atoms with E-state index < -0.39 is 0 Å². The van der Waals surface area contributed by atoms with Crippen molar-refractivity contribution in [3.8, 4) is 0 Å². The van der Waals surface area contributed by atoms with Gasteiger partial charge in [0.05, 0.1) is 4.87 Å². The zero-order valence-corrected chi connectivity index (χ0v) is 7.59. The summed E-state index contributed by atoms with van der Waals surface area (Å²) in [5, 5.41) is 0. The predicted octanol–water partition coefficient (Wildman–Crippen LogP) is 3.47. The zero-order chi connectivity index (χ0) is 8.44. The molecule has 2 rings (SSSR count). The fraction of sp³-hybridized carbons (Fsp3) is 0.273. The van der Waals surface area contributed by atoms with Crippen molar-refractivity contribution in [1.82, 2.24) is 0 Å². The van der Waals surface area contributed by atoms with Crippen LogP contribution in [-0.4, -0.2) is 0 Å². The molecule has 0 amide bonds. The van der Waals surface area contributed by atoms with Crippen LogP contribution in [0.1, 0.15) is 18.4 Å². The van der Waals surface area contributed by atoms with E-state index >= 15 is 0 Å². The minimum absolute atomic E-state index is 0.221. The summed E-state index contributed by atoms with van der Waals surface area (Å²) >= 11 is 6.41. The lowest BCUT2D eigenvalue weighted by molar-refractivity contribution is 0.725. The fourth-order valence-corrected chi connectivity index (χ4v) is 1.93. The molecule has 0 spiro atoms. The molecule has 0 radical (unpaired) electrons. The fourth-order valence-electron chi connectivity index (χ4n) is 1.60. The normalized spacial score (nSPS) is 27.8. The van der Waals surface area contributed by atoms with E-state index in [1.807, 2.05) is 18.2 Å². The van der Waals surface area contributed by atoms with E-state index in [0.717, 1.165) is 12.8 Å². The second kappa shape index (κ2) is 2.95. The molecule has 0 N–H and O–H groups in total. The maximum atomic E-state index is 6.41. The molecule has 0 fully saturated rings. The monoisotopic (exact) mass is 178 g/mol. The van der Waals surface area contributed by atoms with E-state index in [0.29, 0.717) is 0 Å². The van der Waals surface area contributed by atoms with Gasteiger partial charge in [0.2, 0.25) is 0 Å². The molecule has 0 bridgehead atoms. The summed E-state index contributed by atoms with van der Waals surface area (Å²) in [4.78, 5) is -0.221. The molecular formula is C11H11Cl. The van der Waals surface area contributed by atoms with Crippen LogP contribution in [0.3, 0.4) is 0 Å². The highest BCUT2D eigenvalue weighted by Crippen LogP contribution is 2.39. The number of benzene rings is 1. The van der Waals surface area contributed by atoms with Crippen molar-refractivity contribution in [3.05, 3.63) is 48.0 Å². The van der Waals surface area contributed by atoms with Gasteiger partial charge in [-0.15, -0.1) is 11.6 Å². The van der Waals surface area contributed by atoms with Crippen molar-refractivity contribution in [2.75, 3.05) is 0 Å². The van der Waals surface area contributed by atoms with E-state index in [4.69, 9.17) is 11.6 Å². The Hall–Kier alpha value is -0.750. The van der Waals surface area contributed by atoms with Gasteiger partial charge >= 0.3 is 0 Å². The molecule has 1 aromatic rings. The molecule has 1 aromatic carbocycles. The van der Waals surface area contributed by atoms with Crippen molar-refractivity contribution in [2.24, 2.45) is 0 Å².